The molecule has 0 bridgehead atoms. The lowest BCUT2D eigenvalue weighted by atomic mass is 10.4. The van der Waals surface area contributed by atoms with Gasteiger partial charge in [0.2, 0.25) is 0 Å². The van der Waals surface area contributed by atoms with Gasteiger partial charge < -0.3 is 15.3 Å². The molecule has 0 spiro atoms. The van der Waals surface area contributed by atoms with Gasteiger partial charge in [-0.05, 0) is 0 Å². The number of amides is 1. The van der Waals surface area contributed by atoms with Crippen molar-refractivity contribution in [3.8, 4) is 0 Å². The summed E-state index contributed by atoms with van der Waals surface area (Å²) in [6, 6.07) is 0. The molecule has 3 rings (SSSR count). The lowest BCUT2D eigenvalue weighted by Crippen LogP contribution is -2.35. The van der Waals surface area contributed by atoms with Gasteiger partial charge in [-0.1, -0.05) is 30.6 Å². The number of rotatable bonds is 6. The smallest absolute Gasteiger partial charge is 0.323 e. The molecule has 168 valence electrons. The summed E-state index contributed by atoms with van der Waals surface area (Å²) in [5.74, 6) is -4.89. The Bertz CT molecular complexity index is 1530. The Morgan fingerprint density at radius 1 is 0.844 bits per heavy atom. The molecule has 3 N–H and O–H groups in total. The van der Waals surface area contributed by atoms with E-state index in [9.17, 15) is 33.9 Å². The standard InChI is InChI=1S/C16H11N3O9S4/c1-5-11(26)17(2-6(20)21)14(30-5)9-12(27)18(3-7(22)23)15(31-9)10-13(28)19(4-8(24)25)16(29)32-10/h1-4H2,(H,20,21)(H,22,23)(H,24,25)/b14-9+,15-10-. The number of thiocarbonyl (C=S) groups is 1. The zero-order chi connectivity index (χ0) is 23.9. The maximum absolute atomic E-state index is 13.0. The fourth-order valence-electron chi connectivity index (χ4n) is 2.70. The van der Waals surface area contributed by atoms with Crippen molar-refractivity contribution < 1.29 is 34.5 Å². The van der Waals surface area contributed by atoms with E-state index in [1.54, 1.807) is 0 Å². The van der Waals surface area contributed by atoms with Gasteiger partial charge in [0, 0.05) is 0 Å². The van der Waals surface area contributed by atoms with Crippen molar-refractivity contribution in [2.45, 2.75) is 13.1 Å². The molecule has 3 heterocycles. The zero-order valence-corrected chi connectivity index (χ0v) is 18.9. The molecule has 0 unspecified atom stereocenters. The van der Waals surface area contributed by atoms with Gasteiger partial charge in [-0.2, -0.15) is 0 Å². The molecule has 2 aromatic heterocycles. The van der Waals surface area contributed by atoms with Gasteiger partial charge in [-0.15, -0.1) is 22.7 Å². The summed E-state index contributed by atoms with van der Waals surface area (Å²) in [6.45, 7) is 1.22. The predicted molar refractivity (Wildman–Crippen MR) is 118 cm³/mol. The average molecular weight is 518 g/mol. The van der Waals surface area contributed by atoms with Gasteiger partial charge in [0.05, 0.1) is 4.53 Å². The number of hydrogen-bond acceptors (Lipinski definition) is 10. The van der Waals surface area contributed by atoms with Crippen molar-refractivity contribution >= 4 is 86.3 Å². The van der Waals surface area contributed by atoms with Crippen LogP contribution in [0.4, 0.5) is 0 Å². The van der Waals surface area contributed by atoms with Crippen molar-refractivity contribution in [2.24, 2.45) is 0 Å². The van der Waals surface area contributed by atoms with E-state index in [2.05, 4.69) is 6.58 Å². The minimum absolute atomic E-state index is 0.0341. The van der Waals surface area contributed by atoms with Gasteiger partial charge >= 0.3 is 17.9 Å². The van der Waals surface area contributed by atoms with Gasteiger partial charge in [-0.3, -0.25) is 42.8 Å². The van der Waals surface area contributed by atoms with Crippen LogP contribution in [0.2, 0.25) is 0 Å². The third kappa shape index (κ3) is 4.29. The fraction of sp³-hybridized carbons (Fsp3) is 0.188. The number of carboxylic acid groups (broad SMARTS) is 3. The Balaban J connectivity index is 2.46. The molecule has 32 heavy (non-hydrogen) atoms. The molecular formula is C16H11N3O9S4. The van der Waals surface area contributed by atoms with Crippen LogP contribution in [0.5, 0.6) is 0 Å². The number of aromatic nitrogens is 2. The first-order valence-corrected chi connectivity index (χ1v) is 11.1. The third-order valence-electron chi connectivity index (χ3n) is 3.95. The van der Waals surface area contributed by atoms with Crippen molar-refractivity contribution in [2.75, 3.05) is 6.54 Å². The highest BCUT2D eigenvalue weighted by Crippen LogP contribution is 2.31. The highest BCUT2D eigenvalue weighted by molar-refractivity contribution is 8.30. The molecule has 0 radical (unpaired) electrons. The molecule has 12 nitrogen and oxygen atoms in total. The van der Waals surface area contributed by atoms with Crippen LogP contribution < -0.4 is 20.3 Å². The van der Waals surface area contributed by atoms with Crippen LogP contribution in [0, 0.1) is 9.20 Å². The number of nitrogens with zero attached hydrogens (tertiary/aromatic N) is 3. The second-order valence-electron chi connectivity index (χ2n) is 6.12. The molecule has 1 fully saturated rings. The molecule has 1 aliphatic heterocycles. The van der Waals surface area contributed by atoms with E-state index in [1.807, 2.05) is 0 Å². The maximum atomic E-state index is 13.0. The number of carbonyl (C=O) groups excluding carboxylic acids is 1. The molecule has 2 aromatic rings. The SMILES string of the molecule is C=c1s/c(=c2/s/c(=C3\SC(=S)N(CC(=O)O)C3=O)n(CC(=O)O)c2=O)n(CC(=O)O)c1=O. The van der Waals surface area contributed by atoms with Crippen LogP contribution in [0.3, 0.4) is 0 Å². The Morgan fingerprint density at radius 3 is 1.91 bits per heavy atom. The molecule has 1 aliphatic rings. The second kappa shape index (κ2) is 8.81. The molecule has 16 heteroatoms. The number of carboxylic acids is 3. The number of carbonyl (C=O) groups is 4. The summed E-state index contributed by atoms with van der Waals surface area (Å²) >= 11 is 7.17. The summed E-state index contributed by atoms with van der Waals surface area (Å²) in [6.07, 6.45) is 0. The first-order valence-electron chi connectivity index (χ1n) is 8.28. The molecular weight excluding hydrogens is 506 g/mol. The van der Waals surface area contributed by atoms with Crippen molar-refractivity contribution in [3.05, 3.63) is 39.1 Å². The Hall–Kier alpha value is -3.08. The Morgan fingerprint density at radius 2 is 1.38 bits per heavy atom. The Kier molecular flexibility index (Phi) is 6.49. The van der Waals surface area contributed by atoms with Gasteiger partial charge in [-0.25, -0.2) is 0 Å². The largest absolute Gasteiger partial charge is 0.480 e. The zero-order valence-electron chi connectivity index (χ0n) is 15.6. The first kappa shape index (κ1) is 23.6. The summed E-state index contributed by atoms with van der Waals surface area (Å²) in [5.41, 5.74) is -1.59. The lowest BCUT2D eigenvalue weighted by Gasteiger charge is -2.10. The van der Waals surface area contributed by atoms with Crippen LogP contribution in [0.1, 0.15) is 0 Å². The van der Waals surface area contributed by atoms with E-state index in [4.69, 9.17) is 22.4 Å². The van der Waals surface area contributed by atoms with E-state index in [0.29, 0.717) is 23.1 Å². The molecule has 0 aromatic carbocycles. The van der Waals surface area contributed by atoms with Gasteiger partial charge in [0.15, 0.2) is 0 Å². The minimum atomic E-state index is -1.40. The summed E-state index contributed by atoms with van der Waals surface area (Å²) in [7, 11) is 0. The normalized spacial score (nSPS) is 16.6. The molecule has 0 atom stereocenters. The number of thiazole rings is 2. The van der Waals surface area contributed by atoms with Crippen molar-refractivity contribution in [3.63, 3.8) is 0 Å². The van der Waals surface area contributed by atoms with E-state index in [0.717, 1.165) is 25.4 Å². The van der Waals surface area contributed by atoms with E-state index in [1.165, 1.54) is 0 Å². The van der Waals surface area contributed by atoms with Crippen LogP contribution in [-0.2, 0) is 32.3 Å². The maximum Gasteiger partial charge on any atom is 0.323 e. The summed E-state index contributed by atoms with van der Waals surface area (Å²) in [5, 5.41) is 27.3. The van der Waals surface area contributed by atoms with E-state index < -0.39 is 54.6 Å². The highest BCUT2D eigenvalue weighted by atomic mass is 32.2. The molecule has 0 aliphatic carbocycles. The minimum Gasteiger partial charge on any atom is -0.480 e. The van der Waals surface area contributed by atoms with Crippen molar-refractivity contribution in [1.29, 1.82) is 0 Å². The topological polar surface area (TPSA) is 176 Å². The quantitative estimate of drug-likeness (QED) is 0.363. The van der Waals surface area contributed by atoms with Crippen LogP contribution in [0.15, 0.2) is 9.59 Å². The molecule has 0 saturated carbocycles. The van der Waals surface area contributed by atoms with E-state index in [-0.39, 0.29) is 27.6 Å². The third-order valence-corrected chi connectivity index (χ3v) is 7.87. The van der Waals surface area contributed by atoms with Crippen LogP contribution in [-0.4, -0.2) is 64.0 Å². The highest BCUT2D eigenvalue weighted by Gasteiger charge is 2.35. The molecule has 1 amide bonds. The van der Waals surface area contributed by atoms with Gasteiger partial charge in [0.25, 0.3) is 17.0 Å². The molecule has 1 saturated heterocycles. The van der Waals surface area contributed by atoms with Crippen LogP contribution in [0.25, 0.3) is 11.5 Å². The van der Waals surface area contributed by atoms with E-state index >= 15 is 0 Å². The monoisotopic (exact) mass is 517 g/mol. The van der Waals surface area contributed by atoms with Crippen molar-refractivity contribution in [1.82, 2.24) is 14.0 Å². The number of hydrogen-bond donors (Lipinski definition) is 3. The summed E-state index contributed by atoms with van der Waals surface area (Å²) < 4.78 is 1.17. The first-order chi connectivity index (χ1) is 14.9. The average Bonchev–Trinajstić information content (AvgIpc) is 3.24. The lowest BCUT2D eigenvalue weighted by molar-refractivity contribution is -0.140. The predicted octanol–water partition coefficient (Wildman–Crippen LogP) is -1.95. The van der Waals surface area contributed by atoms with Crippen LogP contribution >= 0.6 is 46.7 Å². The fourth-order valence-corrected chi connectivity index (χ4v) is 6.32. The summed E-state index contributed by atoms with van der Waals surface area (Å²) in [4.78, 5) is 72.3. The number of thioether (sulfide) groups is 1. The Labute approximate surface area is 193 Å². The number of aliphatic carboxylic acids is 3. The van der Waals surface area contributed by atoms with Gasteiger partial charge in [0.1, 0.15) is 42.7 Å². The second-order valence-corrected chi connectivity index (χ2v) is 9.85.